The van der Waals surface area contributed by atoms with Crippen LogP contribution in [0.3, 0.4) is 0 Å². The zero-order valence-corrected chi connectivity index (χ0v) is 18.5. The molecule has 1 atom stereocenters. The van der Waals surface area contributed by atoms with Gasteiger partial charge < -0.3 is 25.2 Å². The molecule has 0 saturated carbocycles. The maximum Gasteiger partial charge on any atom is 0.328 e. The second-order valence-corrected chi connectivity index (χ2v) is 7.70. The molecule has 33 heavy (non-hydrogen) atoms. The van der Waals surface area contributed by atoms with Crippen molar-refractivity contribution in [2.75, 3.05) is 25.1 Å². The van der Waals surface area contributed by atoms with Crippen molar-refractivity contribution in [3.63, 3.8) is 0 Å². The van der Waals surface area contributed by atoms with Gasteiger partial charge in [-0.1, -0.05) is 18.2 Å². The molecule has 3 rings (SSSR count). The highest BCUT2D eigenvalue weighted by atomic mass is 32.2. The number of nitrogens with one attached hydrogen (secondary N) is 1. The van der Waals surface area contributed by atoms with E-state index in [0.29, 0.717) is 25.2 Å². The molecule has 1 aromatic heterocycles. The predicted molar refractivity (Wildman–Crippen MR) is 122 cm³/mol. The number of nitrogens with zero attached hydrogens (tertiary/aromatic N) is 2. The van der Waals surface area contributed by atoms with Crippen LogP contribution in [0.4, 0.5) is 10.6 Å². The normalized spacial score (nSPS) is 14.9. The monoisotopic (exact) mass is 473 g/mol. The van der Waals surface area contributed by atoms with E-state index < -0.39 is 18.0 Å². The molecule has 3 N–H and O–H groups in total. The summed E-state index contributed by atoms with van der Waals surface area (Å²) >= 11 is 0.739. The van der Waals surface area contributed by atoms with Crippen molar-refractivity contribution < 1.29 is 34.1 Å². The number of likely N-dealkylation sites (N-methyl/N-ethyl adjacent to an activating group) is 1. The summed E-state index contributed by atoms with van der Waals surface area (Å²) in [7, 11) is 1.97. The van der Waals surface area contributed by atoms with Crippen LogP contribution in [0.15, 0.2) is 60.8 Å². The molecule has 0 aliphatic carbocycles. The van der Waals surface area contributed by atoms with Crippen molar-refractivity contribution in [2.24, 2.45) is 0 Å². The smallest absolute Gasteiger partial charge is 0.328 e. The molecule has 1 fully saturated rings. The van der Waals surface area contributed by atoms with E-state index >= 15 is 0 Å². The maximum atomic E-state index is 11.6. The lowest BCUT2D eigenvalue weighted by molar-refractivity contribution is -0.134. The van der Waals surface area contributed by atoms with E-state index in [1.54, 1.807) is 6.20 Å². The fourth-order valence-corrected chi connectivity index (χ4v) is 3.29. The highest BCUT2D eigenvalue weighted by Crippen LogP contribution is 2.20. The number of pyridine rings is 1. The molecule has 11 heteroatoms. The largest absolute Gasteiger partial charge is 0.492 e. The lowest BCUT2D eigenvalue weighted by Gasteiger charge is -2.18. The molecule has 10 nitrogen and oxygen atoms in total. The molecule has 1 saturated heterocycles. The van der Waals surface area contributed by atoms with Crippen molar-refractivity contribution >= 4 is 39.9 Å². The minimum Gasteiger partial charge on any atom is -0.492 e. The summed E-state index contributed by atoms with van der Waals surface area (Å²) in [5, 5.41) is 17.9. The van der Waals surface area contributed by atoms with Gasteiger partial charge >= 0.3 is 11.9 Å². The number of amides is 1. The van der Waals surface area contributed by atoms with Crippen LogP contribution in [0.1, 0.15) is 5.56 Å². The number of benzene rings is 1. The minimum atomic E-state index is -1.26. The summed E-state index contributed by atoms with van der Waals surface area (Å²) in [5.74, 6) is -0.836. The van der Waals surface area contributed by atoms with Crippen molar-refractivity contribution in [2.45, 2.75) is 12.5 Å². The van der Waals surface area contributed by atoms with Crippen LogP contribution in [-0.4, -0.2) is 63.7 Å². The number of anilines is 1. The third kappa shape index (κ3) is 9.44. The van der Waals surface area contributed by atoms with E-state index in [1.165, 1.54) is 0 Å². The number of carbonyl (C=O) groups is 4. The van der Waals surface area contributed by atoms with Gasteiger partial charge in [-0.25, -0.2) is 14.6 Å². The first-order valence-electron chi connectivity index (χ1n) is 9.74. The van der Waals surface area contributed by atoms with E-state index in [9.17, 15) is 19.2 Å². The van der Waals surface area contributed by atoms with Gasteiger partial charge in [0.25, 0.3) is 5.24 Å². The first-order valence-corrected chi connectivity index (χ1v) is 10.6. The molecular weight excluding hydrogens is 450 g/mol. The molecule has 0 radical (unpaired) electrons. The zero-order valence-electron chi connectivity index (χ0n) is 17.7. The fourth-order valence-electron chi connectivity index (χ4n) is 2.62. The number of carboxylic acid groups (broad SMARTS) is 2. The van der Waals surface area contributed by atoms with Gasteiger partial charge in [0.05, 0.1) is 6.54 Å². The summed E-state index contributed by atoms with van der Waals surface area (Å²) < 4.78 is 5.75. The Balaban J connectivity index is 0.000000414. The Labute approximate surface area is 194 Å². The lowest BCUT2D eigenvalue weighted by Crippen LogP contribution is -2.30. The molecule has 1 aliphatic heterocycles. The number of carbonyl (C=O) groups excluding carboxylic acids is 2. The van der Waals surface area contributed by atoms with Gasteiger partial charge in [-0.3, -0.25) is 9.59 Å². The molecule has 1 aliphatic rings. The highest BCUT2D eigenvalue weighted by molar-refractivity contribution is 8.26. The van der Waals surface area contributed by atoms with Gasteiger partial charge in [-0.2, -0.15) is 0 Å². The van der Waals surface area contributed by atoms with Crippen molar-refractivity contribution in [1.29, 1.82) is 0 Å². The molecule has 174 valence electrons. The maximum absolute atomic E-state index is 11.6. The van der Waals surface area contributed by atoms with Gasteiger partial charge in [0.15, 0.2) is 0 Å². The fraction of sp³-hybridized carbons (Fsp3) is 0.227. The van der Waals surface area contributed by atoms with Gasteiger partial charge in [-0.15, -0.1) is 0 Å². The molecule has 1 amide bonds. The Morgan fingerprint density at radius 2 is 1.79 bits per heavy atom. The SMILES string of the molecule is CN(CCOc1ccc(CC2NC(=O)SC2=O)cc1)c1ccccn1.O=C(O)C=CC(=O)O. The van der Waals surface area contributed by atoms with Crippen LogP contribution < -0.4 is 15.0 Å². The number of rotatable bonds is 9. The Bertz CT molecular complexity index is 981. The van der Waals surface area contributed by atoms with E-state index in [2.05, 4.69) is 10.3 Å². The van der Waals surface area contributed by atoms with Crippen LogP contribution in [-0.2, 0) is 20.8 Å². The summed E-state index contributed by atoms with van der Waals surface area (Å²) in [5.41, 5.74) is 0.985. The van der Waals surface area contributed by atoms with E-state index in [-0.39, 0.29) is 10.4 Å². The average Bonchev–Trinajstić information content (AvgIpc) is 3.11. The molecule has 0 bridgehead atoms. The van der Waals surface area contributed by atoms with Crippen molar-refractivity contribution in [1.82, 2.24) is 10.3 Å². The molecule has 1 aromatic carbocycles. The van der Waals surface area contributed by atoms with Crippen molar-refractivity contribution in [3.8, 4) is 5.75 Å². The summed E-state index contributed by atoms with van der Waals surface area (Å²) in [4.78, 5) is 48.2. The molecule has 2 heterocycles. The minimum absolute atomic E-state index is 0.122. The highest BCUT2D eigenvalue weighted by Gasteiger charge is 2.31. The first-order chi connectivity index (χ1) is 15.7. The molecule has 1 unspecified atom stereocenters. The average molecular weight is 474 g/mol. The number of hydrogen-bond donors (Lipinski definition) is 3. The van der Waals surface area contributed by atoms with Crippen LogP contribution in [0.2, 0.25) is 0 Å². The van der Waals surface area contributed by atoms with Crippen LogP contribution >= 0.6 is 11.8 Å². The Morgan fingerprint density at radius 1 is 1.12 bits per heavy atom. The number of carboxylic acids is 2. The zero-order chi connectivity index (χ0) is 24.2. The van der Waals surface area contributed by atoms with Crippen LogP contribution in [0.25, 0.3) is 0 Å². The Kier molecular flexibility index (Phi) is 9.90. The van der Waals surface area contributed by atoms with E-state index in [4.69, 9.17) is 14.9 Å². The lowest BCUT2D eigenvalue weighted by atomic mass is 10.1. The predicted octanol–water partition coefficient (Wildman–Crippen LogP) is 2.20. The molecular formula is C22H23N3O7S. The Hall–Kier alpha value is -3.86. The quantitative estimate of drug-likeness (QED) is 0.463. The number of aliphatic carboxylic acids is 2. The second kappa shape index (κ2) is 12.9. The molecule has 2 aromatic rings. The number of thioether (sulfide) groups is 1. The third-order valence-electron chi connectivity index (χ3n) is 4.24. The summed E-state index contributed by atoms with van der Waals surface area (Å²) in [6, 6.07) is 13.0. The number of hydrogen-bond acceptors (Lipinski definition) is 8. The van der Waals surface area contributed by atoms with Gasteiger partial charge in [0.1, 0.15) is 24.2 Å². The van der Waals surface area contributed by atoms with Crippen LogP contribution in [0.5, 0.6) is 5.75 Å². The number of ether oxygens (including phenoxy) is 1. The first kappa shape index (κ1) is 25.4. The third-order valence-corrected chi connectivity index (χ3v) is 5.03. The molecule has 0 spiro atoms. The standard InChI is InChI=1S/C18H19N3O3S.C4H4O4/c1-21(16-4-2-3-9-19-16)10-11-24-14-7-5-13(6-8-14)12-15-17(22)25-18(23)20-15;5-3(6)1-2-4(7)8/h2-9,15H,10-12H2,1H3,(H,20,23);1-2H,(H,5,6)(H,7,8). The van der Waals surface area contributed by atoms with E-state index in [0.717, 1.165) is 35.4 Å². The second-order valence-electron chi connectivity index (χ2n) is 6.72. The summed E-state index contributed by atoms with van der Waals surface area (Å²) in [6.07, 6.45) is 3.38. The topological polar surface area (TPSA) is 146 Å². The van der Waals surface area contributed by atoms with Gasteiger partial charge in [0.2, 0.25) is 5.12 Å². The van der Waals surface area contributed by atoms with Crippen LogP contribution in [0, 0.1) is 0 Å². The van der Waals surface area contributed by atoms with E-state index in [1.807, 2.05) is 54.4 Å². The summed E-state index contributed by atoms with van der Waals surface area (Å²) in [6.45, 7) is 1.26. The Morgan fingerprint density at radius 3 is 2.30 bits per heavy atom. The number of aromatic nitrogens is 1. The van der Waals surface area contributed by atoms with Gasteiger partial charge in [-0.05, 0) is 29.8 Å². The van der Waals surface area contributed by atoms with Crippen molar-refractivity contribution in [3.05, 3.63) is 66.4 Å². The van der Waals surface area contributed by atoms with Gasteiger partial charge in [0, 0.05) is 43.6 Å².